The van der Waals surface area contributed by atoms with Crippen LogP contribution in [0.4, 0.5) is 0 Å². The fraction of sp³-hybridized carbons (Fsp3) is 0.182. The SMILES string of the molecule is COC(=O)c1cc(C)cc2n[nH]c(C=O)c12. The van der Waals surface area contributed by atoms with Gasteiger partial charge in [0.15, 0.2) is 6.29 Å². The van der Waals surface area contributed by atoms with Gasteiger partial charge in [0.05, 0.1) is 18.2 Å². The lowest BCUT2D eigenvalue weighted by Crippen LogP contribution is -2.03. The van der Waals surface area contributed by atoms with Gasteiger partial charge in [-0.3, -0.25) is 9.89 Å². The number of ether oxygens (including phenoxy) is 1. The number of esters is 1. The van der Waals surface area contributed by atoms with E-state index in [2.05, 4.69) is 14.9 Å². The Morgan fingerprint density at radius 3 is 2.88 bits per heavy atom. The maximum atomic E-state index is 11.6. The van der Waals surface area contributed by atoms with E-state index < -0.39 is 5.97 Å². The molecule has 1 aromatic carbocycles. The van der Waals surface area contributed by atoms with Crippen molar-refractivity contribution < 1.29 is 14.3 Å². The summed E-state index contributed by atoms with van der Waals surface area (Å²) in [5.74, 6) is -0.474. The minimum absolute atomic E-state index is 0.287. The molecule has 16 heavy (non-hydrogen) atoms. The van der Waals surface area contributed by atoms with Crippen LogP contribution in [0.25, 0.3) is 10.9 Å². The Balaban J connectivity index is 2.82. The molecule has 5 nitrogen and oxygen atoms in total. The van der Waals surface area contributed by atoms with Gasteiger partial charge < -0.3 is 4.74 Å². The number of H-pyrrole nitrogens is 1. The van der Waals surface area contributed by atoms with E-state index in [1.54, 1.807) is 12.1 Å². The highest BCUT2D eigenvalue weighted by molar-refractivity contribution is 6.09. The average molecular weight is 218 g/mol. The first-order valence-electron chi connectivity index (χ1n) is 4.69. The lowest BCUT2D eigenvalue weighted by atomic mass is 10.0. The maximum Gasteiger partial charge on any atom is 0.338 e. The van der Waals surface area contributed by atoms with Crippen LogP contribution in [0.5, 0.6) is 0 Å². The van der Waals surface area contributed by atoms with Gasteiger partial charge in [0.1, 0.15) is 5.69 Å². The number of benzene rings is 1. The average Bonchev–Trinajstić information content (AvgIpc) is 2.69. The molecule has 0 aliphatic heterocycles. The molecule has 0 unspecified atom stereocenters. The molecular weight excluding hydrogens is 208 g/mol. The van der Waals surface area contributed by atoms with Gasteiger partial charge in [0, 0.05) is 5.39 Å². The van der Waals surface area contributed by atoms with Crippen molar-refractivity contribution in [1.82, 2.24) is 10.2 Å². The first-order valence-corrected chi connectivity index (χ1v) is 4.69. The number of aromatic amines is 1. The van der Waals surface area contributed by atoms with Gasteiger partial charge in [-0.2, -0.15) is 5.10 Å². The van der Waals surface area contributed by atoms with E-state index in [4.69, 9.17) is 0 Å². The highest BCUT2D eigenvalue weighted by Crippen LogP contribution is 2.22. The molecule has 1 aromatic heterocycles. The van der Waals surface area contributed by atoms with Crippen LogP contribution in [0, 0.1) is 6.92 Å². The summed E-state index contributed by atoms with van der Waals surface area (Å²) in [5.41, 5.74) is 2.11. The second kappa shape index (κ2) is 3.77. The molecular formula is C11H10N2O3. The van der Waals surface area contributed by atoms with Gasteiger partial charge in [-0.25, -0.2) is 4.79 Å². The molecule has 5 heteroatoms. The second-order valence-corrected chi connectivity index (χ2v) is 3.45. The molecule has 0 bridgehead atoms. The number of rotatable bonds is 2. The van der Waals surface area contributed by atoms with Gasteiger partial charge in [-0.1, -0.05) is 0 Å². The summed E-state index contributed by atoms with van der Waals surface area (Å²) in [4.78, 5) is 22.4. The van der Waals surface area contributed by atoms with Crippen LogP contribution in [-0.2, 0) is 4.74 Å². The predicted molar refractivity (Wildman–Crippen MR) is 57.6 cm³/mol. The van der Waals surface area contributed by atoms with Crippen LogP contribution in [0.3, 0.4) is 0 Å². The van der Waals surface area contributed by atoms with Crippen LogP contribution in [0.1, 0.15) is 26.4 Å². The van der Waals surface area contributed by atoms with E-state index in [9.17, 15) is 9.59 Å². The van der Waals surface area contributed by atoms with Gasteiger partial charge in [-0.15, -0.1) is 0 Å². The number of aldehydes is 1. The van der Waals surface area contributed by atoms with E-state index >= 15 is 0 Å². The molecule has 0 fully saturated rings. The van der Waals surface area contributed by atoms with Crippen LogP contribution in [0.15, 0.2) is 12.1 Å². The van der Waals surface area contributed by atoms with Gasteiger partial charge in [-0.05, 0) is 24.6 Å². The Morgan fingerprint density at radius 2 is 2.25 bits per heavy atom. The lowest BCUT2D eigenvalue weighted by molar-refractivity contribution is 0.0603. The highest BCUT2D eigenvalue weighted by atomic mass is 16.5. The molecule has 1 N–H and O–H groups in total. The summed E-state index contributed by atoms with van der Waals surface area (Å²) in [6.07, 6.45) is 0.636. The Bertz CT molecular complexity index is 572. The molecule has 0 saturated carbocycles. The van der Waals surface area contributed by atoms with E-state index in [0.29, 0.717) is 22.8 Å². The van der Waals surface area contributed by atoms with Crippen LogP contribution < -0.4 is 0 Å². The lowest BCUT2D eigenvalue weighted by Gasteiger charge is -2.02. The van der Waals surface area contributed by atoms with Gasteiger partial charge in [0.2, 0.25) is 0 Å². The number of aromatic nitrogens is 2. The fourth-order valence-electron chi connectivity index (χ4n) is 1.67. The smallest absolute Gasteiger partial charge is 0.338 e. The zero-order valence-corrected chi connectivity index (χ0v) is 8.90. The van der Waals surface area contributed by atoms with Crippen LogP contribution >= 0.6 is 0 Å². The molecule has 0 radical (unpaired) electrons. The monoisotopic (exact) mass is 218 g/mol. The number of aryl methyl sites for hydroxylation is 1. The van der Waals surface area contributed by atoms with Crippen molar-refractivity contribution >= 4 is 23.2 Å². The molecule has 2 rings (SSSR count). The van der Waals surface area contributed by atoms with Crippen molar-refractivity contribution in [2.45, 2.75) is 6.92 Å². The number of methoxy groups -OCH3 is 1. The quantitative estimate of drug-likeness (QED) is 0.612. The number of fused-ring (bicyclic) bond motifs is 1. The van der Waals surface area contributed by atoms with Crippen molar-refractivity contribution in [2.24, 2.45) is 0 Å². The fourth-order valence-corrected chi connectivity index (χ4v) is 1.67. The number of carbonyl (C=O) groups excluding carboxylic acids is 2. The van der Waals surface area contributed by atoms with Crippen molar-refractivity contribution in [1.29, 1.82) is 0 Å². The molecule has 0 aliphatic rings. The number of hydrogen-bond donors (Lipinski definition) is 1. The summed E-state index contributed by atoms with van der Waals surface area (Å²) >= 11 is 0. The van der Waals surface area contributed by atoms with E-state index in [-0.39, 0.29) is 5.69 Å². The number of carbonyl (C=O) groups is 2. The topological polar surface area (TPSA) is 72.0 Å². The first-order chi connectivity index (χ1) is 7.67. The molecule has 2 aromatic rings. The molecule has 0 saturated heterocycles. The first kappa shape index (κ1) is 10.4. The molecule has 1 heterocycles. The molecule has 0 atom stereocenters. The largest absolute Gasteiger partial charge is 0.465 e. The van der Waals surface area contributed by atoms with E-state index in [1.807, 2.05) is 6.92 Å². The Labute approximate surface area is 91.4 Å². The van der Waals surface area contributed by atoms with E-state index in [1.165, 1.54) is 7.11 Å². The van der Waals surface area contributed by atoms with Crippen molar-refractivity contribution in [3.63, 3.8) is 0 Å². The standard InChI is InChI=1S/C11H10N2O3/c1-6-3-7(11(15)16-2)10-8(4-6)12-13-9(10)5-14/h3-5H,1-2H3,(H,12,13). The Morgan fingerprint density at radius 1 is 1.50 bits per heavy atom. The minimum atomic E-state index is -0.474. The molecule has 0 amide bonds. The maximum absolute atomic E-state index is 11.6. The zero-order valence-electron chi connectivity index (χ0n) is 8.90. The van der Waals surface area contributed by atoms with E-state index in [0.717, 1.165) is 5.56 Å². The summed E-state index contributed by atoms with van der Waals surface area (Å²) in [5, 5.41) is 7.05. The minimum Gasteiger partial charge on any atom is -0.465 e. The van der Waals surface area contributed by atoms with Gasteiger partial charge in [0.25, 0.3) is 0 Å². The molecule has 82 valence electrons. The third kappa shape index (κ3) is 1.46. The van der Waals surface area contributed by atoms with Crippen molar-refractivity contribution in [2.75, 3.05) is 7.11 Å². The summed E-state index contributed by atoms with van der Waals surface area (Å²) in [6.45, 7) is 1.85. The number of nitrogens with zero attached hydrogens (tertiary/aromatic N) is 1. The highest BCUT2D eigenvalue weighted by Gasteiger charge is 2.16. The molecule has 0 spiro atoms. The number of nitrogens with one attached hydrogen (secondary N) is 1. The second-order valence-electron chi connectivity index (χ2n) is 3.45. The van der Waals surface area contributed by atoms with Crippen LogP contribution in [-0.4, -0.2) is 29.6 Å². The summed E-state index contributed by atoms with van der Waals surface area (Å²) < 4.78 is 4.67. The third-order valence-corrected chi connectivity index (χ3v) is 2.35. The zero-order chi connectivity index (χ0) is 11.7. The molecule has 0 aliphatic carbocycles. The number of hydrogen-bond acceptors (Lipinski definition) is 4. The van der Waals surface area contributed by atoms with Gasteiger partial charge >= 0.3 is 5.97 Å². The van der Waals surface area contributed by atoms with Crippen molar-refractivity contribution in [3.05, 3.63) is 29.0 Å². The Kier molecular flexibility index (Phi) is 2.44. The normalized spacial score (nSPS) is 10.4. The predicted octanol–water partition coefficient (Wildman–Crippen LogP) is 1.47. The van der Waals surface area contributed by atoms with Crippen molar-refractivity contribution in [3.8, 4) is 0 Å². The summed E-state index contributed by atoms with van der Waals surface area (Å²) in [7, 11) is 1.30. The summed E-state index contributed by atoms with van der Waals surface area (Å²) in [6, 6.07) is 3.47. The Hall–Kier alpha value is -2.17. The van der Waals surface area contributed by atoms with Crippen LogP contribution in [0.2, 0.25) is 0 Å². The third-order valence-electron chi connectivity index (χ3n) is 2.35.